The summed E-state index contributed by atoms with van der Waals surface area (Å²) in [4.78, 5) is 12.3. The summed E-state index contributed by atoms with van der Waals surface area (Å²) < 4.78 is 5.06. The topological polar surface area (TPSA) is 46.5 Å². The lowest BCUT2D eigenvalue weighted by Gasteiger charge is -2.07. The molecule has 0 aromatic heterocycles. The Morgan fingerprint density at radius 2 is 1.79 bits per heavy atom. The first-order valence-corrected chi connectivity index (χ1v) is 6.08. The molecule has 0 saturated carbocycles. The molecule has 0 spiro atoms. The van der Waals surface area contributed by atoms with Crippen LogP contribution in [0.4, 0.5) is 0 Å². The highest BCUT2D eigenvalue weighted by Gasteiger charge is 2.11. The van der Waals surface area contributed by atoms with Crippen LogP contribution in [-0.2, 0) is 0 Å². The Bertz CT molecular complexity index is 571. The summed E-state index contributed by atoms with van der Waals surface area (Å²) in [6, 6.07) is 14.0. The van der Waals surface area contributed by atoms with Crippen molar-refractivity contribution in [3.05, 3.63) is 65.2 Å². The Labute approximate surface area is 112 Å². The van der Waals surface area contributed by atoms with E-state index in [-0.39, 0.29) is 5.78 Å². The van der Waals surface area contributed by atoms with Gasteiger partial charge in [-0.2, -0.15) is 0 Å². The monoisotopic (exact) mass is 256 g/mol. The number of rotatable bonds is 4. The molecule has 0 amide bonds. The fourth-order valence-corrected chi connectivity index (χ4v) is 1.85. The predicted octanol–water partition coefficient (Wildman–Crippen LogP) is 2.98. The fourth-order valence-electron chi connectivity index (χ4n) is 1.85. The van der Waals surface area contributed by atoms with E-state index in [2.05, 4.69) is 0 Å². The molecule has 2 rings (SSSR count). The van der Waals surface area contributed by atoms with Crippen molar-refractivity contribution in [2.45, 2.75) is 13.0 Å². The second-order valence-electron chi connectivity index (χ2n) is 4.36. The minimum atomic E-state index is -0.580. The summed E-state index contributed by atoms with van der Waals surface area (Å²) >= 11 is 0. The van der Waals surface area contributed by atoms with Crippen molar-refractivity contribution in [1.82, 2.24) is 0 Å². The van der Waals surface area contributed by atoms with Crippen molar-refractivity contribution in [2.24, 2.45) is 0 Å². The molecule has 0 aliphatic carbocycles. The Hall–Kier alpha value is -2.13. The lowest BCUT2D eigenvalue weighted by atomic mass is 10.00. The van der Waals surface area contributed by atoms with E-state index in [1.54, 1.807) is 62.6 Å². The summed E-state index contributed by atoms with van der Waals surface area (Å²) in [5.41, 5.74) is 1.91. The van der Waals surface area contributed by atoms with Gasteiger partial charge >= 0.3 is 0 Å². The molecule has 98 valence electrons. The standard InChI is InChI=1S/C16H16O3/c1-11(17)13-4-3-5-14(10-13)16(18)12-6-8-15(19-2)9-7-12/h3-11,17H,1-2H3. The first-order valence-electron chi connectivity index (χ1n) is 6.08. The van der Waals surface area contributed by atoms with E-state index in [0.29, 0.717) is 16.9 Å². The molecule has 3 heteroatoms. The molecule has 0 aliphatic heterocycles. The molecule has 2 aromatic rings. The lowest BCUT2D eigenvalue weighted by molar-refractivity contribution is 0.103. The fraction of sp³-hybridized carbons (Fsp3) is 0.188. The third kappa shape index (κ3) is 3.01. The van der Waals surface area contributed by atoms with Crippen molar-refractivity contribution in [1.29, 1.82) is 0 Å². The van der Waals surface area contributed by atoms with Crippen molar-refractivity contribution in [3.8, 4) is 5.75 Å². The summed E-state index contributed by atoms with van der Waals surface area (Å²) in [5, 5.41) is 9.54. The third-order valence-corrected chi connectivity index (χ3v) is 2.98. The van der Waals surface area contributed by atoms with Gasteiger partial charge in [0.25, 0.3) is 0 Å². The van der Waals surface area contributed by atoms with Crippen LogP contribution in [0.15, 0.2) is 48.5 Å². The van der Waals surface area contributed by atoms with Crippen LogP contribution in [0.5, 0.6) is 5.75 Å². The largest absolute Gasteiger partial charge is 0.497 e. The summed E-state index contributed by atoms with van der Waals surface area (Å²) in [6.45, 7) is 1.68. The molecule has 0 heterocycles. The zero-order valence-corrected chi connectivity index (χ0v) is 11.0. The van der Waals surface area contributed by atoms with Crippen LogP contribution < -0.4 is 4.74 Å². The molecular formula is C16H16O3. The van der Waals surface area contributed by atoms with Crippen LogP contribution in [0.2, 0.25) is 0 Å². The number of hydrogen-bond acceptors (Lipinski definition) is 3. The van der Waals surface area contributed by atoms with Crippen LogP contribution >= 0.6 is 0 Å². The van der Waals surface area contributed by atoms with Crippen molar-refractivity contribution in [3.63, 3.8) is 0 Å². The SMILES string of the molecule is COc1ccc(C(=O)c2cccc(C(C)O)c2)cc1. The van der Waals surface area contributed by atoms with Crippen molar-refractivity contribution in [2.75, 3.05) is 7.11 Å². The van der Waals surface area contributed by atoms with Crippen LogP contribution in [-0.4, -0.2) is 18.0 Å². The second kappa shape index (κ2) is 5.67. The van der Waals surface area contributed by atoms with Crippen LogP contribution in [0.1, 0.15) is 34.5 Å². The molecule has 0 radical (unpaired) electrons. The van der Waals surface area contributed by atoms with Crippen LogP contribution in [0.25, 0.3) is 0 Å². The first kappa shape index (κ1) is 13.3. The third-order valence-electron chi connectivity index (χ3n) is 2.98. The number of carbonyl (C=O) groups excluding carboxylic acids is 1. The molecule has 2 aromatic carbocycles. The van der Waals surface area contributed by atoms with E-state index in [1.807, 2.05) is 0 Å². The van der Waals surface area contributed by atoms with Gasteiger partial charge in [0.15, 0.2) is 5.78 Å². The second-order valence-corrected chi connectivity index (χ2v) is 4.36. The number of aliphatic hydroxyl groups excluding tert-OH is 1. The molecule has 0 fully saturated rings. The van der Waals surface area contributed by atoms with E-state index >= 15 is 0 Å². The number of aliphatic hydroxyl groups is 1. The van der Waals surface area contributed by atoms with Gasteiger partial charge in [-0.05, 0) is 42.8 Å². The highest BCUT2D eigenvalue weighted by molar-refractivity contribution is 6.09. The zero-order valence-electron chi connectivity index (χ0n) is 11.0. The van der Waals surface area contributed by atoms with Crippen molar-refractivity contribution >= 4 is 5.78 Å². The van der Waals surface area contributed by atoms with Gasteiger partial charge in [-0.15, -0.1) is 0 Å². The number of ether oxygens (including phenoxy) is 1. The van der Waals surface area contributed by atoms with Crippen molar-refractivity contribution < 1.29 is 14.6 Å². The number of methoxy groups -OCH3 is 1. The van der Waals surface area contributed by atoms with Gasteiger partial charge in [-0.25, -0.2) is 0 Å². The van der Waals surface area contributed by atoms with E-state index in [4.69, 9.17) is 4.74 Å². The number of benzene rings is 2. The van der Waals surface area contributed by atoms with E-state index < -0.39 is 6.10 Å². The Balaban J connectivity index is 2.30. The average molecular weight is 256 g/mol. The normalized spacial score (nSPS) is 11.9. The van der Waals surface area contributed by atoms with E-state index in [1.165, 1.54) is 0 Å². The van der Waals surface area contributed by atoms with Gasteiger partial charge in [0, 0.05) is 11.1 Å². The molecular weight excluding hydrogens is 240 g/mol. The molecule has 19 heavy (non-hydrogen) atoms. The van der Waals surface area contributed by atoms with Gasteiger partial charge < -0.3 is 9.84 Å². The van der Waals surface area contributed by atoms with Crippen LogP contribution in [0, 0.1) is 0 Å². The minimum absolute atomic E-state index is 0.0647. The highest BCUT2D eigenvalue weighted by atomic mass is 16.5. The van der Waals surface area contributed by atoms with Gasteiger partial charge in [0.1, 0.15) is 5.75 Å². The first-order chi connectivity index (χ1) is 9.11. The summed E-state index contributed by atoms with van der Waals surface area (Å²) in [5.74, 6) is 0.652. The number of ketones is 1. The number of carbonyl (C=O) groups is 1. The highest BCUT2D eigenvalue weighted by Crippen LogP contribution is 2.18. The molecule has 0 bridgehead atoms. The van der Waals surface area contributed by atoms with Gasteiger partial charge in [0.05, 0.1) is 13.2 Å². The smallest absolute Gasteiger partial charge is 0.193 e. The Morgan fingerprint density at radius 1 is 1.11 bits per heavy atom. The Morgan fingerprint density at radius 3 is 2.37 bits per heavy atom. The Kier molecular flexibility index (Phi) is 3.97. The number of hydrogen-bond donors (Lipinski definition) is 1. The molecule has 0 saturated heterocycles. The zero-order chi connectivity index (χ0) is 13.8. The van der Waals surface area contributed by atoms with E-state index in [0.717, 1.165) is 5.56 Å². The molecule has 3 nitrogen and oxygen atoms in total. The average Bonchev–Trinajstić information content (AvgIpc) is 2.46. The predicted molar refractivity (Wildman–Crippen MR) is 73.5 cm³/mol. The van der Waals surface area contributed by atoms with Gasteiger partial charge in [-0.3, -0.25) is 4.79 Å². The summed E-state index contributed by atoms with van der Waals surface area (Å²) in [7, 11) is 1.59. The maximum absolute atomic E-state index is 12.3. The van der Waals surface area contributed by atoms with Gasteiger partial charge in [0.2, 0.25) is 0 Å². The molecule has 1 N–H and O–H groups in total. The van der Waals surface area contributed by atoms with E-state index in [9.17, 15) is 9.90 Å². The summed E-state index contributed by atoms with van der Waals surface area (Å²) in [6.07, 6.45) is -0.580. The maximum atomic E-state index is 12.3. The molecule has 1 unspecified atom stereocenters. The maximum Gasteiger partial charge on any atom is 0.193 e. The lowest BCUT2D eigenvalue weighted by Crippen LogP contribution is -2.03. The minimum Gasteiger partial charge on any atom is -0.497 e. The van der Waals surface area contributed by atoms with Crippen LogP contribution in [0.3, 0.4) is 0 Å². The molecule has 0 aliphatic rings. The quantitative estimate of drug-likeness (QED) is 0.855. The molecule has 1 atom stereocenters. The van der Waals surface area contributed by atoms with Gasteiger partial charge in [-0.1, -0.05) is 18.2 Å².